The second-order valence-electron chi connectivity index (χ2n) is 7.87. The number of fused-ring (bicyclic) bond motifs is 1. The van der Waals surface area contributed by atoms with Gasteiger partial charge in [0.15, 0.2) is 11.4 Å². The molecule has 0 atom stereocenters. The Labute approximate surface area is 184 Å². The van der Waals surface area contributed by atoms with Crippen molar-refractivity contribution in [3.8, 4) is 11.1 Å². The molecule has 0 spiro atoms. The van der Waals surface area contributed by atoms with Crippen molar-refractivity contribution < 1.29 is 36.6 Å². The molecule has 3 aromatic rings. The van der Waals surface area contributed by atoms with Crippen LogP contribution >= 0.6 is 0 Å². The van der Waals surface area contributed by atoms with E-state index in [2.05, 4.69) is 10.1 Å². The summed E-state index contributed by atoms with van der Waals surface area (Å²) in [5, 5.41) is 13.3. The summed E-state index contributed by atoms with van der Waals surface area (Å²) < 4.78 is 74.2. The number of esters is 1. The van der Waals surface area contributed by atoms with E-state index >= 15 is 0 Å². The number of carbonyl (C=O) groups excluding carboxylic acids is 1. The number of nitrogens with zero attached hydrogens (tertiary/aromatic N) is 3. The molecule has 1 aliphatic rings. The first-order valence-corrected chi connectivity index (χ1v) is 10.1. The number of ether oxygens (including phenoxy) is 1. The van der Waals surface area contributed by atoms with Crippen molar-refractivity contribution in [1.29, 1.82) is 0 Å². The topological polar surface area (TPSA) is 103 Å². The molecule has 7 nitrogen and oxygen atoms in total. The quantitative estimate of drug-likeness (QED) is 0.441. The fraction of sp³-hybridized carbons (Fsp3) is 0.381. The van der Waals surface area contributed by atoms with Crippen molar-refractivity contribution >= 4 is 17.3 Å². The van der Waals surface area contributed by atoms with Crippen LogP contribution in [0.4, 0.5) is 27.8 Å². The van der Waals surface area contributed by atoms with Gasteiger partial charge in [0.2, 0.25) is 0 Å². The van der Waals surface area contributed by atoms with Gasteiger partial charge in [-0.3, -0.25) is 0 Å². The number of aliphatic hydroxyl groups is 1. The number of rotatable bonds is 4. The zero-order valence-corrected chi connectivity index (χ0v) is 17.1. The molecule has 0 aliphatic heterocycles. The highest BCUT2D eigenvalue weighted by molar-refractivity contribution is 5.88. The van der Waals surface area contributed by atoms with Crippen molar-refractivity contribution in [3.63, 3.8) is 0 Å². The molecule has 3 N–H and O–H groups in total. The van der Waals surface area contributed by atoms with Crippen molar-refractivity contribution in [3.05, 3.63) is 47.4 Å². The maximum absolute atomic E-state index is 14.4. The van der Waals surface area contributed by atoms with Crippen molar-refractivity contribution in [1.82, 2.24) is 14.6 Å². The lowest BCUT2D eigenvalue weighted by atomic mass is 9.82. The third-order valence-corrected chi connectivity index (χ3v) is 5.84. The Morgan fingerprint density at radius 2 is 1.79 bits per heavy atom. The highest BCUT2D eigenvalue weighted by atomic mass is 19.4. The maximum atomic E-state index is 14.4. The smallest absolute Gasteiger partial charge is 0.446 e. The van der Waals surface area contributed by atoms with Crippen LogP contribution in [0, 0.1) is 11.6 Å². The van der Waals surface area contributed by atoms with Crippen LogP contribution in [0.3, 0.4) is 0 Å². The molecule has 2 aromatic heterocycles. The number of alkyl halides is 3. The fourth-order valence-corrected chi connectivity index (χ4v) is 4.29. The van der Waals surface area contributed by atoms with Gasteiger partial charge in [-0.1, -0.05) is 6.42 Å². The first-order valence-electron chi connectivity index (χ1n) is 10.1. The third kappa shape index (κ3) is 3.99. The molecule has 0 amide bonds. The van der Waals surface area contributed by atoms with Crippen molar-refractivity contribution in [2.45, 2.75) is 50.5 Å². The predicted octanol–water partition coefficient (Wildman–Crippen LogP) is 4.01. The summed E-state index contributed by atoms with van der Waals surface area (Å²) in [4.78, 5) is 15.7. The highest BCUT2D eigenvalue weighted by Gasteiger charge is 2.49. The van der Waals surface area contributed by atoms with Crippen LogP contribution in [0.15, 0.2) is 24.5 Å². The number of anilines is 1. The molecule has 0 bridgehead atoms. The van der Waals surface area contributed by atoms with E-state index in [0.717, 1.165) is 24.9 Å². The number of halogens is 5. The molecule has 4 rings (SSSR count). The number of benzene rings is 1. The first kappa shape index (κ1) is 22.9. The molecule has 0 saturated heterocycles. The van der Waals surface area contributed by atoms with Gasteiger partial charge in [-0.05, 0) is 49.4 Å². The molecule has 1 fully saturated rings. The van der Waals surface area contributed by atoms with E-state index in [1.807, 2.05) is 0 Å². The molecule has 0 unspecified atom stereocenters. The average molecular weight is 470 g/mol. The van der Waals surface area contributed by atoms with E-state index in [-0.39, 0.29) is 41.0 Å². The second kappa shape index (κ2) is 8.25. The van der Waals surface area contributed by atoms with E-state index in [0.29, 0.717) is 12.8 Å². The minimum absolute atomic E-state index is 0.000516. The SMILES string of the molecule is Nc1ncnn2c(C3(OC(=O)C(F)(F)F)CCCCC3)cc(-c3cc(F)c(CO)c(F)c3)c12. The number of nitrogen functional groups attached to an aromatic ring is 1. The van der Waals surface area contributed by atoms with Crippen LogP contribution in [0.25, 0.3) is 16.6 Å². The lowest BCUT2D eigenvalue weighted by molar-refractivity contribution is -0.218. The summed E-state index contributed by atoms with van der Waals surface area (Å²) >= 11 is 0. The number of aromatic nitrogens is 3. The van der Waals surface area contributed by atoms with Crippen LogP contribution in [0.1, 0.15) is 43.4 Å². The first-order chi connectivity index (χ1) is 15.6. The minimum atomic E-state index is -5.21. The molecular weight excluding hydrogens is 451 g/mol. The maximum Gasteiger partial charge on any atom is 0.490 e. The Bertz CT molecular complexity index is 1200. The lowest BCUT2D eigenvalue weighted by Crippen LogP contribution is -2.40. The largest absolute Gasteiger partial charge is 0.490 e. The van der Waals surface area contributed by atoms with Crippen LogP contribution in [0.2, 0.25) is 0 Å². The minimum Gasteiger partial charge on any atom is -0.446 e. The van der Waals surface area contributed by atoms with Crippen LogP contribution < -0.4 is 5.73 Å². The van der Waals surface area contributed by atoms with Crippen LogP contribution in [0.5, 0.6) is 0 Å². The predicted molar refractivity (Wildman–Crippen MR) is 106 cm³/mol. The Balaban J connectivity index is 1.96. The van der Waals surface area contributed by atoms with Gasteiger partial charge in [-0.25, -0.2) is 23.1 Å². The molecule has 1 saturated carbocycles. The fourth-order valence-electron chi connectivity index (χ4n) is 4.29. The molecule has 1 aromatic carbocycles. The molecule has 1 aliphatic carbocycles. The van der Waals surface area contributed by atoms with Gasteiger partial charge in [0.05, 0.1) is 12.3 Å². The van der Waals surface area contributed by atoms with Crippen molar-refractivity contribution in [2.75, 3.05) is 5.73 Å². The average Bonchev–Trinajstić information content (AvgIpc) is 3.15. The number of hydrogen-bond donors (Lipinski definition) is 2. The monoisotopic (exact) mass is 470 g/mol. The van der Waals surface area contributed by atoms with E-state index in [1.165, 1.54) is 10.6 Å². The Morgan fingerprint density at radius 1 is 1.15 bits per heavy atom. The standard InChI is InChI=1S/C21H19F5N4O3/c22-14-6-11(7-15(23)13(14)9-31)12-8-16(30-17(12)18(27)28-10-29-30)20(4-2-1-3-5-20)33-19(32)21(24,25)26/h6-8,10,31H,1-5,9H2,(H2,27,28,29). The zero-order chi connectivity index (χ0) is 24.0. The van der Waals surface area contributed by atoms with Gasteiger partial charge < -0.3 is 15.6 Å². The van der Waals surface area contributed by atoms with E-state index in [4.69, 9.17) is 15.6 Å². The Kier molecular flexibility index (Phi) is 5.72. The molecule has 2 heterocycles. The van der Waals surface area contributed by atoms with Crippen molar-refractivity contribution in [2.24, 2.45) is 0 Å². The van der Waals surface area contributed by atoms with Gasteiger partial charge in [0.25, 0.3) is 0 Å². The summed E-state index contributed by atoms with van der Waals surface area (Å²) in [6.07, 6.45) is -2.23. The van der Waals surface area contributed by atoms with Gasteiger partial charge in [0.1, 0.15) is 23.5 Å². The van der Waals surface area contributed by atoms with Gasteiger partial charge in [-0.15, -0.1) is 0 Å². The number of aliphatic hydroxyl groups excluding tert-OH is 1. The normalized spacial score (nSPS) is 16.2. The summed E-state index contributed by atoms with van der Waals surface area (Å²) in [6.45, 7) is -0.860. The Hall–Kier alpha value is -3.28. The third-order valence-electron chi connectivity index (χ3n) is 5.84. The Morgan fingerprint density at radius 3 is 2.36 bits per heavy atom. The summed E-state index contributed by atoms with van der Waals surface area (Å²) in [6, 6.07) is 3.30. The summed E-state index contributed by atoms with van der Waals surface area (Å²) in [5.74, 6) is -4.46. The molecule has 33 heavy (non-hydrogen) atoms. The van der Waals surface area contributed by atoms with Gasteiger partial charge >= 0.3 is 12.1 Å². The number of carbonyl (C=O) groups is 1. The van der Waals surface area contributed by atoms with Crippen LogP contribution in [-0.4, -0.2) is 31.9 Å². The molecular formula is C21H19F5N4O3. The van der Waals surface area contributed by atoms with E-state index < -0.39 is 41.6 Å². The number of hydrogen-bond acceptors (Lipinski definition) is 6. The highest BCUT2D eigenvalue weighted by Crippen LogP contribution is 2.45. The zero-order valence-electron chi connectivity index (χ0n) is 17.1. The summed E-state index contributed by atoms with van der Waals surface area (Å²) in [5.41, 5.74) is 4.11. The van der Waals surface area contributed by atoms with Gasteiger partial charge in [0, 0.05) is 11.1 Å². The van der Waals surface area contributed by atoms with Crippen LogP contribution in [-0.2, 0) is 21.7 Å². The lowest BCUT2D eigenvalue weighted by Gasteiger charge is -2.36. The van der Waals surface area contributed by atoms with E-state index in [9.17, 15) is 26.7 Å². The molecule has 0 radical (unpaired) electrons. The number of nitrogens with two attached hydrogens (primary N) is 1. The summed E-state index contributed by atoms with van der Waals surface area (Å²) in [7, 11) is 0. The van der Waals surface area contributed by atoms with E-state index in [1.54, 1.807) is 0 Å². The second-order valence-corrected chi connectivity index (χ2v) is 7.87. The van der Waals surface area contributed by atoms with Gasteiger partial charge in [-0.2, -0.15) is 18.3 Å². The molecule has 12 heteroatoms. The molecule has 176 valence electrons.